The van der Waals surface area contributed by atoms with Gasteiger partial charge in [0.25, 0.3) is 0 Å². The van der Waals surface area contributed by atoms with Crippen LogP contribution in [0.25, 0.3) is 0 Å². The Labute approximate surface area is 73.8 Å². The van der Waals surface area contributed by atoms with Crippen LogP contribution in [0.4, 0.5) is 5.82 Å². The van der Waals surface area contributed by atoms with Crippen LogP contribution in [-0.2, 0) is 0 Å². The molecule has 0 saturated heterocycles. The molecule has 0 fully saturated rings. The highest BCUT2D eigenvalue weighted by molar-refractivity contribution is 5.48. The van der Waals surface area contributed by atoms with Crippen molar-refractivity contribution in [1.29, 1.82) is 0 Å². The zero-order valence-corrected chi connectivity index (χ0v) is 8.09. The molecule has 0 spiro atoms. The van der Waals surface area contributed by atoms with Gasteiger partial charge in [0.05, 0.1) is 7.11 Å². The van der Waals surface area contributed by atoms with Crippen molar-refractivity contribution < 1.29 is 4.74 Å². The molecule has 0 unspecified atom stereocenters. The highest BCUT2D eigenvalue weighted by atomic mass is 16.5. The fourth-order valence-electron chi connectivity index (χ4n) is 0.743. The molecule has 0 radical (unpaired) electrons. The van der Waals surface area contributed by atoms with E-state index in [-0.39, 0.29) is 0 Å². The first-order valence-electron chi connectivity index (χ1n) is 4.05. The normalized spacial score (nSPS) is 8.00. The van der Waals surface area contributed by atoms with Crippen molar-refractivity contribution in [3.8, 4) is 5.75 Å². The first-order valence-corrected chi connectivity index (χ1v) is 4.05. The van der Waals surface area contributed by atoms with Crippen molar-refractivity contribution in [2.24, 2.45) is 0 Å². The van der Waals surface area contributed by atoms with Gasteiger partial charge in [-0.1, -0.05) is 13.8 Å². The summed E-state index contributed by atoms with van der Waals surface area (Å²) in [6.07, 6.45) is 1.72. The monoisotopic (exact) mass is 168 g/mol. The Morgan fingerprint density at radius 2 is 2.08 bits per heavy atom. The smallest absolute Gasteiger partial charge is 0.168 e. The molecule has 1 N–H and O–H groups in total. The third-order valence-corrected chi connectivity index (χ3v) is 1.23. The fraction of sp³-hybridized carbons (Fsp3) is 0.444. The lowest BCUT2D eigenvalue weighted by Gasteiger charge is -2.04. The lowest BCUT2D eigenvalue weighted by molar-refractivity contribution is 0.415. The minimum atomic E-state index is 0.769. The number of methoxy groups -OCH3 is 1. The van der Waals surface area contributed by atoms with E-state index in [1.807, 2.05) is 33.0 Å². The van der Waals surface area contributed by atoms with Gasteiger partial charge in [0.2, 0.25) is 0 Å². The first-order chi connectivity index (χ1) is 5.88. The van der Waals surface area contributed by atoms with Gasteiger partial charge in [-0.2, -0.15) is 0 Å². The zero-order chi connectivity index (χ0) is 9.40. The molecule has 0 bridgehead atoms. The van der Waals surface area contributed by atoms with Crippen LogP contribution in [0.2, 0.25) is 0 Å². The van der Waals surface area contributed by atoms with E-state index in [0.717, 1.165) is 11.6 Å². The van der Waals surface area contributed by atoms with Gasteiger partial charge in [0.1, 0.15) is 0 Å². The van der Waals surface area contributed by atoms with Crippen LogP contribution < -0.4 is 10.1 Å². The SMILES string of the molecule is CC.CNc1ncccc1OC. The summed E-state index contributed by atoms with van der Waals surface area (Å²) in [6, 6.07) is 3.69. The van der Waals surface area contributed by atoms with Gasteiger partial charge in [0, 0.05) is 13.2 Å². The summed E-state index contributed by atoms with van der Waals surface area (Å²) in [5.74, 6) is 1.54. The standard InChI is InChI=1S/C7H10N2O.C2H6/c1-8-7-6(10-2)4-3-5-9-7;1-2/h3-5H,1-2H3,(H,8,9);1-2H3. The Kier molecular flexibility index (Phi) is 5.79. The number of ether oxygens (including phenoxy) is 1. The molecule has 0 aromatic carbocycles. The molecular formula is C9H16N2O. The molecule has 1 aromatic rings. The molecule has 12 heavy (non-hydrogen) atoms. The number of nitrogens with zero attached hydrogens (tertiary/aromatic N) is 1. The Morgan fingerprint density at radius 1 is 1.42 bits per heavy atom. The molecule has 68 valence electrons. The molecule has 1 heterocycles. The van der Waals surface area contributed by atoms with E-state index >= 15 is 0 Å². The number of rotatable bonds is 2. The molecule has 0 atom stereocenters. The van der Waals surface area contributed by atoms with E-state index in [9.17, 15) is 0 Å². The van der Waals surface area contributed by atoms with Crippen molar-refractivity contribution >= 4 is 5.82 Å². The molecule has 3 nitrogen and oxygen atoms in total. The van der Waals surface area contributed by atoms with Crippen LogP contribution >= 0.6 is 0 Å². The molecular weight excluding hydrogens is 152 g/mol. The van der Waals surface area contributed by atoms with Gasteiger partial charge in [-0.25, -0.2) is 4.98 Å². The number of hydrogen-bond acceptors (Lipinski definition) is 3. The van der Waals surface area contributed by atoms with Crippen molar-refractivity contribution in [2.75, 3.05) is 19.5 Å². The minimum Gasteiger partial charge on any atom is -0.493 e. The molecule has 0 aliphatic carbocycles. The topological polar surface area (TPSA) is 34.2 Å². The first kappa shape index (κ1) is 10.8. The van der Waals surface area contributed by atoms with Crippen LogP contribution in [0.5, 0.6) is 5.75 Å². The van der Waals surface area contributed by atoms with E-state index in [1.165, 1.54) is 0 Å². The highest BCUT2D eigenvalue weighted by Crippen LogP contribution is 2.18. The lowest BCUT2D eigenvalue weighted by atomic mass is 10.4. The average molecular weight is 168 g/mol. The molecule has 0 aliphatic rings. The summed E-state index contributed by atoms with van der Waals surface area (Å²) in [5, 5.41) is 2.91. The Morgan fingerprint density at radius 3 is 2.50 bits per heavy atom. The second-order valence-corrected chi connectivity index (χ2v) is 1.80. The second-order valence-electron chi connectivity index (χ2n) is 1.80. The number of nitrogens with one attached hydrogen (secondary N) is 1. The molecule has 3 heteroatoms. The summed E-state index contributed by atoms with van der Waals surface area (Å²) in [4.78, 5) is 4.03. The number of aromatic nitrogens is 1. The molecule has 0 saturated carbocycles. The predicted octanol–water partition coefficient (Wildman–Crippen LogP) is 2.16. The fourth-order valence-corrected chi connectivity index (χ4v) is 0.743. The van der Waals surface area contributed by atoms with Gasteiger partial charge in [0.15, 0.2) is 11.6 Å². The summed E-state index contributed by atoms with van der Waals surface area (Å²) in [7, 11) is 3.43. The third kappa shape index (κ3) is 2.78. The van der Waals surface area contributed by atoms with Crippen molar-refractivity contribution in [1.82, 2.24) is 4.98 Å². The van der Waals surface area contributed by atoms with Crippen molar-refractivity contribution in [3.05, 3.63) is 18.3 Å². The second kappa shape index (κ2) is 6.46. The summed E-state index contributed by atoms with van der Waals surface area (Å²) in [6.45, 7) is 4.00. The number of hydrogen-bond donors (Lipinski definition) is 1. The van der Waals surface area contributed by atoms with Crippen LogP contribution in [0.15, 0.2) is 18.3 Å². The maximum atomic E-state index is 5.01. The number of anilines is 1. The quantitative estimate of drug-likeness (QED) is 0.734. The molecule has 0 aliphatic heterocycles. The van der Waals surface area contributed by atoms with Crippen LogP contribution in [-0.4, -0.2) is 19.1 Å². The predicted molar refractivity (Wildman–Crippen MR) is 51.7 cm³/mol. The van der Waals surface area contributed by atoms with Crippen LogP contribution in [0.3, 0.4) is 0 Å². The Balaban J connectivity index is 0.000000561. The van der Waals surface area contributed by atoms with Gasteiger partial charge in [-0.05, 0) is 12.1 Å². The van der Waals surface area contributed by atoms with E-state index in [4.69, 9.17) is 4.74 Å². The van der Waals surface area contributed by atoms with Gasteiger partial charge < -0.3 is 10.1 Å². The zero-order valence-electron chi connectivity index (χ0n) is 8.09. The van der Waals surface area contributed by atoms with E-state index in [0.29, 0.717) is 0 Å². The van der Waals surface area contributed by atoms with Gasteiger partial charge in [-0.15, -0.1) is 0 Å². The summed E-state index contributed by atoms with van der Waals surface area (Å²) >= 11 is 0. The highest BCUT2D eigenvalue weighted by Gasteiger charge is 1.97. The van der Waals surface area contributed by atoms with Crippen molar-refractivity contribution in [2.45, 2.75) is 13.8 Å². The maximum absolute atomic E-state index is 5.01. The minimum absolute atomic E-state index is 0.769. The van der Waals surface area contributed by atoms with Crippen LogP contribution in [0.1, 0.15) is 13.8 Å². The van der Waals surface area contributed by atoms with E-state index in [2.05, 4.69) is 10.3 Å². The molecule has 1 aromatic heterocycles. The third-order valence-electron chi connectivity index (χ3n) is 1.23. The summed E-state index contributed by atoms with van der Waals surface area (Å²) < 4.78 is 5.01. The molecule has 1 rings (SSSR count). The van der Waals surface area contributed by atoms with E-state index < -0.39 is 0 Å². The van der Waals surface area contributed by atoms with Crippen molar-refractivity contribution in [3.63, 3.8) is 0 Å². The summed E-state index contributed by atoms with van der Waals surface area (Å²) in [5.41, 5.74) is 0. The Bertz CT molecular complexity index is 190. The number of pyridine rings is 1. The van der Waals surface area contributed by atoms with Crippen LogP contribution in [0, 0.1) is 0 Å². The van der Waals surface area contributed by atoms with Gasteiger partial charge in [-0.3, -0.25) is 0 Å². The van der Waals surface area contributed by atoms with E-state index in [1.54, 1.807) is 13.3 Å². The van der Waals surface area contributed by atoms with Gasteiger partial charge >= 0.3 is 0 Å². The lowest BCUT2D eigenvalue weighted by Crippen LogP contribution is -1.95. The largest absolute Gasteiger partial charge is 0.493 e. The maximum Gasteiger partial charge on any atom is 0.168 e. The average Bonchev–Trinajstić information content (AvgIpc) is 2.20. The Hall–Kier alpha value is -1.25. The molecule has 0 amide bonds.